The number of nitrogens with zero attached hydrogens (tertiary/aromatic N) is 2. The Morgan fingerprint density at radius 3 is 2.76 bits per heavy atom. The van der Waals surface area contributed by atoms with E-state index in [4.69, 9.17) is 9.47 Å². The van der Waals surface area contributed by atoms with Crippen molar-refractivity contribution in [3.8, 4) is 5.75 Å². The summed E-state index contributed by atoms with van der Waals surface area (Å²) in [5.41, 5.74) is 0.0785. The van der Waals surface area contributed by atoms with E-state index in [1.54, 1.807) is 9.80 Å². The normalized spacial score (nSPS) is 25.6. The molecule has 9 nitrogen and oxygen atoms in total. The van der Waals surface area contributed by atoms with Gasteiger partial charge in [-0.1, -0.05) is 0 Å². The van der Waals surface area contributed by atoms with Crippen LogP contribution in [-0.2, 0) is 20.7 Å². The fourth-order valence-electron chi connectivity index (χ4n) is 5.24. The van der Waals surface area contributed by atoms with E-state index in [9.17, 15) is 18.8 Å². The van der Waals surface area contributed by atoms with Crippen LogP contribution in [0.4, 0.5) is 9.18 Å². The topological polar surface area (TPSA) is 100 Å². The summed E-state index contributed by atoms with van der Waals surface area (Å²) < 4.78 is 25.9. The van der Waals surface area contributed by atoms with Crippen molar-refractivity contribution in [2.45, 2.75) is 70.6 Å². The Hall–Kier alpha value is -2.88. The molecule has 2 saturated heterocycles. The molecule has 1 aromatic rings. The minimum atomic E-state index is -0.622. The number of fused-ring (bicyclic) bond motifs is 4. The van der Waals surface area contributed by atoms with Crippen molar-refractivity contribution in [2.24, 2.45) is 5.92 Å². The maximum absolute atomic E-state index is 14.5. The van der Waals surface area contributed by atoms with Crippen LogP contribution in [0.2, 0.25) is 0 Å². The first-order chi connectivity index (χ1) is 17.6. The van der Waals surface area contributed by atoms with E-state index in [1.165, 1.54) is 12.1 Å². The van der Waals surface area contributed by atoms with Crippen molar-refractivity contribution in [3.63, 3.8) is 0 Å². The van der Waals surface area contributed by atoms with Gasteiger partial charge in [0.2, 0.25) is 11.8 Å². The number of hydrogen-bond acceptors (Lipinski definition) is 6. The molecule has 0 spiro atoms. The summed E-state index contributed by atoms with van der Waals surface area (Å²) in [4.78, 5) is 42.2. The first kappa shape index (κ1) is 27.2. The predicted molar refractivity (Wildman–Crippen MR) is 136 cm³/mol. The fraction of sp³-hybridized carbons (Fsp3) is 0.667. The van der Waals surface area contributed by atoms with Crippen LogP contribution in [0.5, 0.6) is 5.75 Å². The molecule has 0 aliphatic carbocycles. The van der Waals surface area contributed by atoms with E-state index < -0.39 is 17.3 Å². The zero-order valence-corrected chi connectivity index (χ0v) is 22.1. The van der Waals surface area contributed by atoms with E-state index in [1.807, 2.05) is 26.8 Å². The van der Waals surface area contributed by atoms with Crippen molar-refractivity contribution in [1.29, 1.82) is 0 Å². The third-order valence-corrected chi connectivity index (χ3v) is 6.97. The Morgan fingerprint density at radius 2 is 1.97 bits per heavy atom. The SMILES string of the molecule is CC(C)(C)OC(=O)N1CCNC[C@@H]1C[C@@H]1Cc2cc(F)cc(c2)OCCCCN2CC(CC2=O)C(=O)N1. The minimum Gasteiger partial charge on any atom is -0.493 e. The summed E-state index contributed by atoms with van der Waals surface area (Å²) in [6, 6.07) is 4.02. The number of hydrogen-bond donors (Lipinski definition) is 2. The van der Waals surface area contributed by atoms with Crippen LogP contribution in [0, 0.1) is 11.7 Å². The predicted octanol–water partition coefficient (Wildman–Crippen LogP) is 2.47. The third kappa shape index (κ3) is 7.56. The van der Waals surface area contributed by atoms with Gasteiger partial charge in [0, 0.05) is 57.3 Å². The molecular formula is C27H39FN4O5. The Labute approximate surface area is 218 Å². The molecule has 37 heavy (non-hydrogen) atoms. The smallest absolute Gasteiger partial charge is 0.410 e. The van der Waals surface area contributed by atoms with Crippen LogP contribution in [-0.4, -0.2) is 84.7 Å². The molecule has 3 aliphatic rings. The number of piperazine rings is 1. The highest BCUT2D eigenvalue weighted by Crippen LogP contribution is 2.24. The lowest BCUT2D eigenvalue weighted by Crippen LogP contribution is -2.57. The van der Waals surface area contributed by atoms with E-state index in [0.29, 0.717) is 63.5 Å². The number of rotatable bonds is 2. The number of amides is 3. The number of benzene rings is 1. The van der Waals surface area contributed by atoms with E-state index in [-0.39, 0.29) is 36.4 Å². The summed E-state index contributed by atoms with van der Waals surface area (Å²) in [5, 5.41) is 6.46. The van der Waals surface area contributed by atoms with Gasteiger partial charge in [-0.15, -0.1) is 0 Å². The second-order valence-corrected chi connectivity index (χ2v) is 11.3. The molecule has 3 atom stereocenters. The zero-order chi connectivity index (χ0) is 26.6. The molecule has 0 saturated carbocycles. The first-order valence-electron chi connectivity index (χ1n) is 13.3. The molecular weight excluding hydrogens is 479 g/mol. The van der Waals surface area contributed by atoms with Crippen molar-refractivity contribution >= 4 is 17.9 Å². The highest BCUT2D eigenvalue weighted by Gasteiger charge is 2.37. The van der Waals surface area contributed by atoms with Gasteiger partial charge in [0.1, 0.15) is 17.2 Å². The lowest BCUT2D eigenvalue weighted by atomic mass is 9.96. The number of nitrogens with one attached hydrogen (secondary N) is 2. The van der Waals surface area contributed by atoms with Gasteiger partial charge < -0.3 is 29.9 Å². The summed E-state index contributed by atoms with van der Waals surface area (Å²) in [7, 11) is 0. The molecule has 4 rings (SSSR count). The average Bonchev–Trinajstić information content (AvgIpc) is 3.17. The van der Waals surface area contributed by atoms with Crippen molar-refractivity contribution in [1.82, 2.24) is 20.4 Å². The standard InChI is InChI=1S/C27H39FN4O5/c1-27(2,3)37-26(35)32-8-6-29-16-22(32)15-21-11-18-10-20(28)14-23(12-18)36-9-5-4-7-31-17-19(13-24(31)33)25(34)30-21/h10,12,14,19,21-22,29H,4-9,11,13,15-17H2,1-3H3,(H,30,34)/t19?,21-,22-/m0/s1. The zero-order valence-electron chi connectivity index (χ0n) is 22.1. The number of ether oxygens (including phenoxy) is 2. The Balaban J connectivity index is 1.57. The largest absolute Gasteiger partial charge is 0.493 e. The lowest BCUT2D eigenvalue weighted by Gasteiger charge is -2.39. The third-order valence-electron chi connectivity index (χ3n) is 6.97. The van der Waals surface area contributed by atoms with Crippen molar-refractivity contribution in [2.75, 3.05) is 39.3 Å². The van der Waals surface area contributed by atoms with Crippen LogP contribution in [0.25, 0.3) is 0 Å². The van der Waals surface area contributed by atoms with Crippen molar-refractivity contribution in [3.05, 3.63) is 29.6 Å². The second kappa shape index (κ2) is 11.7. The van der Waals surface area contributed by atoms with E-state index in [0.717, 1.165) is 12.8 Å². The monoisotopic (exact) mass is 518 g/mol. The molecule has 3 heterocycles. The van der Waals surface area contributed by atoms with Gasteiger partial charge in [0.15, 0.2) is 0 Å². The van der Waals surface area contributed by atoms with Gasteiger partial charge >= 0.3 is 6.09 Å². The molecule has 0 aromatic heterocycles. The lowest BCUT2D eigenvalue weighted by molar-refractivity contribution is -0.129. The summed E-state index contributed by atoms with van der Waals surface area (Å²) >= 11 is 0. The second-order valence-electron chi connectivity index (χ2n) is 11.3. The molecule has 10 heteroatoms. The van der Waals surface area contributed by atoms with Gasteiger partial charge in [-0.2, -0.15) is 0 Å². The molecule has 3 aliphatic heterocycles. The molecule has 204 valence electrons. The van der Waals surface area contributed by atoms with Crippen LogP contribution >= 0.6 is 0 Å². The van der Waals surface area contributed by atoms with Crippen LogP contribution < -0.4 is 15.4 Å². The average molecular weight is 519 g/mol. The maximum atomic E-state index is 14.5. The Bertz CT molecular complexity index is 997. The van der Waals surface area contributed by atoms with Crippen LogP contribution in [0.15, 0.2) is 18.2 Å². The molecule has 0 radical (unpaired) electrons. The van der Waals surface area contributed by atoms with Crippen LogP contribution in [0.3, 0.4) is 0 Å². The number of carbonyl (C=O) groups is 3. The Morgan fingerprint density at radius 1 is 1.16 bits per heavy atom. The maximum Gasteiger partial charge on any atom is 0.410 e. The van der Waals surface area contributed by atoms with Crippen molar-refractivity contribution < 1.29 is 28.2 Å². The number of halogens is 1. The molecule has 2 N–H and O–H groups in total. The molecule has 4 bridgehead atoms. The minimum absolute atomic E-state index is 0.00964. The first-order valence-corrected chi connectivity index (χ1v) is 13.3. The molecule has 2 fully saturated rings. The van der Waals surface area contributed by atoms with Crippen LogP contribution in [0.1, 0.15) is 52.0 Å². The summed E-state index contributed by atoms with van der Waals surface area (Å²) in [6.07, 6.45) is 2.09. The highest BCUT2D eigenvalue weighted by molar-refractivity contribution is 5.89. The summed E-state index contributed by atoms with van der Waals surface area (Å²) in [5.74, 6) is -0.568. The molecule has 3 amide bonds. The van der Waals surface area contributed by atoms with E-state index >= 15 is 0 Å². The Kier molecular flexibility index (Phi) is 8.56. The van der Waals surface area contributed by atoms with Gasteiger partial charge in [-0.3, -0.25) is 9.59 Å². The molecule has 1 aromatic carbocycles. The highest BCUT2D eigenvalue weighted by atomic mass is 19.1. The van der Waals surface area contributed by atoms with E-state index in [2.05, 4.69) is 10.6 Å². The molecule has 1 unspecified atom stereocenters. The van der Waals surface area contributed by atoms with Gasteiger partial charge in [0.05, 0.1) is 12.5 Å². The summed E-state index contributed by atoms with van der Waals surface area (Å²) in [6.45, 7) is 8.58. The van der Waals surface area contributed by atoms with Gasteiger partial charge in [0.25, 0.3) is 0 Å². The number of carbonyl (C=O) groups excluding carboxylic acids is 3. The fourth-order valence-corrected chi connectivity index (χ4v) is 5.24. The quantitative estimate of drug-likeness (QED) is 0.624. The van der Waals surface area contributed by atoms with Gasteiger partial charge in [-0.25, -0.2) is 9.18 Å². The van der Waals surface area contributed by atoms with Gasteiger partial charge in [-0.05, 0) is 64.2 Å².